The van der Waals surface area contributed by atoms with Crippen molar-refractivity contribution in [2.75, 3.05) is 31.3 Å². The Bertz CT molecular complexity index is 528. The summed E-state index contributed by atoms with van der Waals surface area (Å²) in [6, 6.07) is 0. The number of rotatable bonds is 9. The minimum absolute atomic E-state index is 0.168. The molecule has 0 atom stereocenters. The molecule has 1 rings (SSSR count). The third-order valence-corrected chi connectivity index (χ3v) is 3.75. The standard InChI is InChI=1S/C11H19N3O4S2/c1-3-18-10(15)7-9-8-19-11(14-9)12-5-4-6-13-20(2,16)17/h8,13H,3-7H2,1-2H3,(H,12,14). The van der Waals surface area contributed by atoms with Crippen molar-refractivity contribution in [1.29, 1.82) is 0 Å². The fraction of sp³-hybridized carbons (Fsp3) is 0.636. The van der Waals surface area contributed by atoms with Crippen LogP contribution >= 0.6 is 11.3 Å². The summed E-state index contributed by atoms with van der Waals surface area (Å²) in [4.78, 5) is 15.5. The number of sulfonamides is 1. The van der Waals surface area contributed by atoms with Gasteiger partial charge in [-0.3, -0.25) is 4.79 Å². The van der Waals surface area contributed by atoms with Gasteiger partial charge in [0.2, 0.25) is 10.0 Å². The zero-order valence-electron chi connectivity index (χ0n) is 11.5. The van der Waals surface area contributed by atoms with Gasteiger partial charge in [-0.1, -0.05) is 0 Å². The van der Waals surface area contributed by atoms with Crippen molar-refractivity contribution in [3.05, 3.63) is 11.1 Å². The first-order valence-electron chi connectivity index (χ1n) is 6.19. The van der Waals surface area contributed by atoms with Crippen LogP contribution in [-0.4, -0.2) is 45.3 Å². The van der Waals surface area contributed by atoms with Gasteiger partial charge in [-0.25, -0.2) is 18.1 Å². The summed E-state index contributed by atoms with van der Waals surface area (Å²) in [5.41, 5.74) is 0.671. The SMILES string of the molecule is CCOC(=O)Cc1csc(NCCCNS(C)(=O)=O)n1. The van der Waals surface area contributed by atoms with Gasteiger partial charge in [0.25, 0.3) is 0 Å². The van der Waals surface area contributed by atoms with Gasteiger partial charge in [0.15, 0.2) is 5.13 Å². The zero-order chi connectivity index (χ0) is 15.0. The Hall–Kier alpha value is -1.19. The quantitative estimate of drug-likeness (QED) is 0.510. The van der Waals surface area contributed by atoms with E-state index in [1.807, 2.05) is 0 Å². The first-order valence-corrected chi connectivity index (χ1v) is 8.96. The maximum absolute atomic E-state index is 11.3. The van der Waals surface area contributed by atoms with Crippen molar-refractivity contribution in [1.82, 2.24) is 9.71 Å². The summed E-state index contributed by atoms with van der Waals surface area (Å²) in [5.74, 6) is -0.290. The Labute approximate surface area is 122 Å². The number of aromatic nitrogens is 1. The fourth-order valence-electron chi connectivity index (χ4n) is 1.37. The molecule has 7 nitrogen and oxygen atoms in total. The second-order valence-electron chi connectivity index (χ2n) is 4.07. The summed E-state index contributed by atoms with van der Waals surface area (Å²) >= 11 is 1.40. The van der Waals surface area contributed by atoms with Crippen LogP contribution in [0.25, 0.3) is 0 Å². The van der Waals surface area contributed by atoms with E-state index in [-0.39, 0.29) is 12.4 Å². The predicted molar refractivity (Wildman–Crippen MR) is 78.4 cm³/mol. The van der Waals surface area contributed by atoms with Crippen molar-refractivity contribution in [2.24, 2.45) is 0 Å². The van der Waals surface area contributed by atoms with E-state index >= 15 is 0 Å². The predicted octanol–water partition coefficient (Wildman–Crippen LogP) is 0.600. The summed E-state index contributed by atoms with van der Waals surface area (Å²) in [6.45, 7) is 3.11. The lowest BCUT2D eigenvalue weighted by Crippen LogP contribution is -2.24. The van der Waals surface area contributed by atoms with Gasteiger partial charge in [0, 0.05) is 18.5 Å². The second kappa shape index (κ2) is 8.18. The number of hydrogen-bond donors (Lipinski definition) is 2. The Balaban J connectivity index is 2.25. The van der Waals surface area contributed by atoms with Gasteiger partial charge in [0.05, 0.1) is 25.0 Å². The molecule has 0 amide bonds. The molecule has 0 unspecified atom stereocenters. The van der Waals surface area contributed by atoms with Crippen LogP contribution < -0.4 is 10.0 Å². The third-order valence-electron chi connectivity index (χ3n) is 2.18. The minimum atomic E-state index is -3.13. The van der Waals surface area contributed by atoms with Gasteiger partial charge in [0.1, 0.15) is 0 Å². The molecular weight excluding hydrogens is 302 g/mol. The van der Waals surface area contributed by atoms with E-state index in [9.17, 15) is 13.2 Å². The maximum atomic E-state index is 11.3. The summed E-state index contributed by atoms with van der Waals surface area (Å²) in [7, 11) is -3.13. The van der Waals surface area contributed by atoms with Gasteiger partial charge in [-0.05, 0) is 13.3 Å². The summed E-state index contributed by atoms with van der Waals surface area (Å²) in [5, 5.41) is 5.59. The van der Waals surface area contributed by atoms with Crippen molar-refractivity contribution in [2.45, 2.75) is 19.8 Å². The molecule has 0 aliphatic rings. The molecule has 20 heavy (non-hydrogen) atoms. The number of ether oxygens (including phenoxy) is 1. The van der Waals surface area contributed by atoms with Crippen LogP contribution in [0, 0.1) is 0 Å². The molecule has 1 aromatic rings. The van der Waals surface area contributed by atoms with Crippen LogP contribution in [-0.2, 0) is 26.0 Å². The highest BCUT2D eigenvalue weighted by Crippen LogP contribution is 2.15. The van der Waals surface area contributed by atoms with Crippen LogP contribution in [0.4, 0.5) is 5.13 Å². The Kier molecular flexibility index (Phi) is 6.89. The van der Waals surface area contributed by atoms with E-state index in [1.54, 1.807) is 12.3 Å². The number of hydrogen-bond acceptors (Lipinski definition) is 7. The molecule has 114 valence electrons. The first-order chi connectivity index (χ1) is 9.40. The van der Waals surface area contributed by atoms with Gasteiger partial charge in [-0.15, -0.1) is 11.3 Å². The van der Waals surface area contributed by atoms with Crippen molar-refractivity contribution in [3.8, 4) is 0 Å². The van der Waals surface area contributed by atoms with Crippen LogP contribution in [0.5, 0.6) is 0 Å². The number of esters is 1. The molecule has 0 bridgehead atoms. The molecular formula is C11H19N3O4S2. The Morgan fingerprint density at radius 1 is 1.45 bits per heavy atom. The monoisotopic (exact) mass is 321 g/mol. The van der Waals surface area contributed by atoms with Crippen molar-refractivity contribution < 1.29 is 17.9 Å². The van der Waals surface area contributed by atoms with Crippen molar-refractivity contribution >= 4 is 32.5 Å². The van der Waals surface area contributed by atoms with Crippen molar-refractivity contribution in [3.63, 3.8) is 0 Å². The number of nitrogens with one attached hydrogen (secondary N) is 2. The highest BCUT2D eigenvalue weighted by atomic mass is 32.2. The molecule has 0 aliphatic carbocycles. The van der Waals surface area contributed by atoms with E-state index in [0.29, 0.717) is 36.9 Å². The number of carbonyl (C=O) groups is 1. The third kappa shape index (κ3) is 7.41. The molecule has 0 fully saturated rings. The second-order valence-corrected chi connectivity index (χ2v) is 6.76. The molecule has 0 aliphatic heterocycles. The van der Waals surface area contributed by atoms with Crippen LogP contribution in [0.2, 0.25) is 0 Å². The van der Waals surface area contributed by atoms with E-state index < -0.39 is 10.0 Å². The van der Waals surface area contributed by atoms with Gasteiger partial charge >= 0.3 is 5.97 Å². The van der Waals surface area contributed by atoms with E-state index in [4.69, 9.17) is 4.74 Å². The highest BCUT2D eigenvalue weighted by molar-refractivity contribution is 7.88. The fourth-order valence-corrected chi connectivity index (χ4v) is 2.62. The topological polar surface area (TPSA) is 97.4 Å². The molecule has 0 aromatic carbocycles. The summed E-state index contributed by atoms with van der Waals surface area (Å²) < 4.78 is 28.9. The average Bonchev–Trinajstić information content (AvgIpc) is 2.75. The molecule has 2 N–H and O–H groups in total. The Morgan fingerprint density at radius 3 is 2.85 bits per heavy atom. The number of nitrogens with zero attached hydrogens (tertiary/aromatic N) is 1. The lowest BCUT2D eigenvalue weighted by molar-refractivity contribution is -0.142. The molecule has 9 heteroatoms. The van der Waals surface area contributed by atoms with Gasteiger partial charge < -0.3 is 10.1 Å². The number of thiazole rings is 1. The smallest absolute Gasteiger partial charge is 0.311 e. The minimum Gasteiger partial charge on any atom is -0.466 e. The first kappa shape index (κ1) is 16.9. The van der Waals surface area contributed by atoms with E-state index in [1.165, 1.54) is 11.3 Å². The molecule has 0 radical (unpaired) electrons. The van der Waals surface area contributed by atoms with E-state index in [2.05, 4.69) is 15.0 Å². The molecule has 1 heterocycles. The Morgan fingerprint density at radius 2 is 2.20 bits per heavy atom. The number of carbonyl (C=O) groups excluding carboxylic acids is 1. The lowest BCUT2D eigenvalue weighted by atomic mass is 10.3. The molecule has 0 saturated heterocycles. The maximum Gasteiger partial charge on any atom is 0.311 e. The zero-order valence-corrected chi connectivity index (χ0v) is 13.1. The van der Waals surface area contributed by atoms with Crippen LogP contribution in [0.15, 0.2) is 5.38 Å². The number of anilines is 1. The molecule has 0 saturated carbocycles. The highest BCUT2D eigenvalue weighted by Gasteiger charge is 2.08. The van der Waals surface area contributed by atoms with Crippen LogP contribution in [0.1, 0.15) is 19.0 Å². The average molecular weight is 321 g/mol. The largest absolute Gasteiger partial charge is 0.466 e. The van der Waals surface area contributed by atoms with Crippen LogP contribution in [0.3, 0.4) is 0 Å². The van der Waals surface area contributed by atoms with Gasteiger partial charge in [-0.2, -0.15) is 0 Å². The molecule has 0 spiro atoms. The van der Waals surface area contributed by atoms with E-state index in [0.717, 1.165) is 6.26 Å². The normalized spacial score (nSPS) is 11.3. The summed E-state index contributed by atoms with van der Waals surface area (Å²) in [6.07, 6.45) is 1.95. The molecule has 1 aromatic heterocycles. The lowest BCUT2D eigenvalue weighted by Gasteiger charge is -2.03.